The summed E-state index contributed by atoms with van der Waals surface area (Å²) in [6, 6.07) is 7.02. The Morgan fingerprint density at radius 1 is 1.38 bits per heavy atom. The molecule has 110 valence electrons. The van der Waals surface area contributed by atoms with Gasteiger partial charge in [-0.1, -0.05) is 11.6 Å². The highest BCUT2D eigenvalue weighted by Crippen LogP contribution is 2.21. The Bertz CT molecular complexity index is 712. The number of nitrogens with zero attached hydrogens (tertiary/aromatic N) is 1. The molecular formula is C14H13ClN2O4. The highest BCUT2D eigenvalue weighted by Gasteiger charge is 2.30. The Balaban J connectivity index is 1.84. The number of ether oxygens (including phenoxy) is 1. The maximum absolute atomic E-state index is 12.4. The zero-order chi connectivity index (χ0) is 15.0. The molecule has 6 nitrogen and oxygen atoms in total. The van der Waals surface area contributed by atoms with Crippen molar-refractivity contribution in [3.05, 3.63) is 35.0 Å². The second kappa shape index (κ2) is 5.38. The Hall–Kier alpha value is -2.05. The lowest BCUT2D eigenvalue weighted by molar-refractivity contribution is -0.154. The summed E-state index contributed by atoms with van der Waals surface area (Å²) in [5.41, 5.74) is 1.23. The van der Waals surface area contributed by atoms with Gasteiger partial charge in [0.05, 0.1) is 13.2 Å². The van der Waals surface area contributed by atoms with Crippen molar-refractivity contribution < 1.29 is 19.4 Å². The molecule has 2 aromatic rings. The monoisotopic (exact) mass is 308 g/mol. The number of aliphatic carboxylic acids is 1. The third-order valence-electron chi connectivity index (χ3n) is 3.44. The van der Waals surface area contributed by atoms with Crippen LogP contribution in [0.5, 0.6) is 0 Å². The van der Waals surface area contributed by atoms with Crippen LogP contribution < -0.4 is 0 Å². The molecule has 0 radical (unpaired) electrons. The minimum atomic E-state index is -1.06. The van der Waals surface area contributed by atoms with E-state index in [0.717, 1.165) is 10.9 Å². The van der Waals surface area contributed by atoms with E-state index in [4.69, 9.17) is 21.4 Å². The molecule has 1 fully saturated rings. The Morgan fingerprint density at radius 3 is 2.95 bits per heavy atom. The van der Waals surface area contributed by atoms with E-state index in [1.165, 1.54) is 4.90 Å². The number of carboxylic acids is 1. The van der Waals surface area contributed by atoms with Gasteiger partial charge in [-0.2, -0.15) is 0 Å². The zero-order valence-corrected chi connectivity index (χ0v) is 11.8. The molecule has 7 heteroatoms. The average molecular weight is 309 g/mol. The number of hydrogen-bond donors (Lipinski definition) is 2. The number of morpholine rings is 1. The first-order valence-corrected chi connectivity index (χ1v) is 6.84. The van der Waals surface area contributed by atoms with Crippen LogP contribution in [0.1, 0.15) is 10.5 Å². The molecule has 1 aromatic heterocycles. The molecule has 0 aliphatic carbocycles. The van der Waals surface area contributed by atoms with Crippen LogP contribution in [0.25, 0.3) is 10.9 Å². The highest BCUT2D eigenvalue weighted by molar-refractivity contribution is 6.31. The van der Waals surface area contributed by atoms with Crippen molar-refractivity contribution in [2.75, 3.05) is 19.7 Å². The second-order valence-corrected chi connectivity index (χ2v) is 5.30. The number of H-pyrrole nitrogens is 1. The van der Waals surface area contributed by atoms with Gasteiger partial charge in [-0.15, -0.1) is 0 Å². The lowest BCUT2D eigenvalue weighted by atomic mass is 10.2. The number of fused-ring (bicyclic) bond motifs is 1. The van der Waals surface area contributed by atoms with Crippen molar-refractivity contribution in [3.8, 4) is 0 Å². The van der Waals surface area contributed by atoms with E-state index in [1.807, 2.05) is 0 Å². The van der Waals surface area contributed by atoms with Gasteiger partial charge in [0, 0.05) is 22.5 Å². The molecule has 1 aromatic carbocycles. The third-order valence-corrected chi connectivity index (χ3v) is 3.68. The lowest BCUT2D eigenvalue weighted by Gasteiger charge is -2.30. The first-order valence-electron chi connectivity index (χ1n) is 6.46. The average Bonchev–Trinajstić information content (AvgIpc) is 2.89. The Labute approximate surface area is 125 Å². The molecule has 0 saturated carbocycles. The normalized spacial score (nSPS) is 18.9. The molecule has 1 aliphatic heterocycles. The van der Waals surface area contributed by atoms with Crippen LogP contribution in [0.4, 0.5) is 0 Å². The number of rotatable bonds is 2. The van der Waals surface area contributed by atoms with E-state index < -0.39 is 12.1 Å². The molecule has 1 aliphatic rings. The van der Waals surface area contributed by atoms with Crippen LogP contribution in [0.15, 0.2) is 24.3 Å². The highest BCUT2D eigenvalue weighted by atomic mass is 35.5. The number of amides is 1. The zero-order valence-electron chi connectivity index (χ0n) is 11.0. The fraction of sp³-hybridized carbons (Fsp3) is 0.286. The number of carboxylic acid groups (broad SMARTS) is 1. The van der Waals surface area contributed by atoms with Crippen molar-refractivity contribution in [1.82, 2.24) is 9.88 Å². The fourth-order valence-electron chi connectivity index (χ4n) is 2.37. The molecule has 1 atom stereocenters. The molecule has 2 N–H and O–H groups in total. The molecule has 0 spiro atoms. The summed E-state index contributed by atoms with van der Waals surface area (Å²) in [4.78, 5) is 27.9. The van der Waals surface area contributed by atoms with Crippen molar-refractivity contribution in [2.24, 2.45) is 0 Å². The van der Waals surface area contributed by atoms with Crippen LogP contribution >= 0.6 is 11.6 Å². The van der Waals surface area contributed by atoms with Crippen LogP contribution in [0.2, 0.25) is 5.02 Å². The fourth-order valence-corrected chi connectivity index (χ4v) is 2.55. The summed E-state index contributed by atoms with van der Waals surface area (Å²) < 4.78 is 5.11. The minimum Gasteiger partial charge on any atom is -0.479 e. The van der Waals surface area contributed by atoms with Crippen molar-refractivity contribution in [3.63, 3.8) is 0 Å². The van der Waals surface area contributed by atoms with Crippen LogP contribution in [-0.2, 0) is 9.53 Å². The van der Waals surface area contributed by atoms with Gasteiger partial charge in [0.15, 0.2) is 6.10 Å². The second-order valence-electron chi connectivity index (χ2n) is 4.86. The van der Waals surface area contributed by atoms with Gasteiger partial charge in [0.1, 0.15) is 5.69 Å². The van der Waals surface area contributed by atoms with Crippen LogP contribution in [-0.4, -0.2) is 52.7 Å². The maximum atomic E-state index is 12.4. The SMILES string of the molecule is O=C(O)[C@@H]1CN(C(=O)c2cc3cc(Cl)ccc3[nH]2)CCO1. The van der Waals surface area contributed by atoms with Gasteiger partial charge in [-0.05, 0) is 24.3 Å². The lowest BCUT2D eigenvalue weighted by Crippen LogP contribution is -2.48. The van der Waals surface area contributed by atoms with Gasteiger partial charge in [-0.25, -0.2) is 4.79 Å². The summed E-state index contributed by atoms with van der Waals surface area (Å²) in [6.45, 7) is 0.637. The van der Waals surface area contributed by atoms with E-state index in [9.17, 15) is 9.59 Å². The minimum absolute atomic E-state index is 0.0459. The van der Waals surface area contributed by atoms with Crippen LogP contribution in [0.3, 0.4) is 0 Å². The number of benzene rings is 1. The predicted molar refractivity (Wildman–Crippen MR) is 76.6 cm³/mol. The quantitative estimate of drug-likeness (QED) is 0.885. The molecule has 1 amide bonds. The predicted octanol–water partition coefficient (Wildman–Crippen LogP) is 1.75. The number of aromatic amines is 1. The van der Waals surface area contributed by atoms with Gasteiger partial charge in [-0.3, -0.25) is 4.79 Å². The number of aromatic nitrogens is 1. The summed E-state index contributed by atoms with van der Waals surface area (Å²) in [5, 5.41) is 10.4. The van der Waals surface area contributed by atoms with E-state index in [-0.39, 0.29) is 19.1 Å². The first-order chi connectivity index (χ1) is 10.0. The number of carbonyl (C=O) groups excluding carboxylic acids is 1. The van der Waals surface area contributed by atoms with E-state index in [0.29, 0.717) is 17.3 Å². The molecule has 0 bridgehead atoms. The largest absolute Gasteiger partial charge is 0.479 e. The van der Waals surface area contributed by atoms with Gasteiger partial charge in [0.2, 0.25) is 0 Å². The molecule has 2 heterocycles. The van der Waals surface area contributed by atoms with E-state index in [2.05, 4.69) is 4.98 Å². The maximum Gasteiger partial charge on any atom is 0.334 e. The van der Waals surface area contributed by atoms with Gasteiger partial charge >= 0.3 is 5.97 Å². The number of hydrogen-bond acceptors (Lipinski definition) is 3. The smallest absolute Gasteiger partial charge is 0.334 e. The number of nitrogens with one attached hydrogen (secondary N) is 1. The van der Waals surface area contributed by atoms with Gasteiger partial charge in [0.25, 0.3) is 5.91 Å². The van der Waals surface area contributed by atoms with Crippen molar-refractivity contribution in [1.29, 1.82) is 0 Å². The standard InChI is InChI=1S/C14H13ClN2O4/c15-9-1-2-10-8(5-9)6-11(16-10)13(18)17-3-4-21-12(7-17)14(19)20/h1-2,5-6,12,16H,3-4,7H2,(H,19,20)/t12-/m0/s1. The topological polar surface area (TPSA) is 82.6 Å². The Kier molecular flexibility index (Phi) is 3.57. The molecule has 0 unspecified atom stereocenters. The van der Waals surface area contributed by atoms with Crippen molar-refractivity contribution >= 4 is 34.4 Å². The summed E-state index contributed by atoms with van der Waals surface area (Å²) >= 11 is 5.92. The van der Waals surface area contributed by atoms with E-state index >= 15 is 0 Å². The first kappa shape index (κ1) is 13.9. The summed E-state index contributed by atoms with van der Waals surface area (Å²) in [5.74, 6) is -1.30. The molecular weight excluding hydrogens is 296 g/mol. The summed E-state index contributed by atoms with van der Waals surface area (Å²) in [7, 11) is 0. The number of halogens is 1. The van der Waals surface area contributed by atoms with Crippen molar-refractivity contribution in [2.45, 2.75) is 6.10 Å². The van der Waals surface area contributed by atoms with Gasteiger partial charge < -0.3 is 19.7 Å². The Morgan fingerprint density at radius 2 is 2.19 bits per heavy atom. The van der Waals surface area contributed by atoms with E-state index in [1.54, 1.807) is 24.3 Å². The number of carbonyl (C=O) groups is 2. The third kappa shape index (κ3) is 2.72. The molecule has 1 saturated heterocycles. The summed E-state index contributed by atoms with van der Waals surface area (Å²) in [6.07, 6.45) is -0.971. The van der Waals surface area contributed by atoms with Crippen LogP contribution in [0, 0.1) is 0 Å². The molecule has 3 rings (SSSR count). The molecule has 21 heavy (non-hydrogen) atoms.